The molecule has 8 nitrogen and oxygen atoms in total. The number of alkyl carbamates (subject to hydrolysis) is 1. The van der Waals surface area contributed by atoms with Gasteiger partial charge >= 0.3 is 6.09 Å². The predicted octanol–water partition coefficient (Wildman–Crippen LogP) is 4.02. The molecule has 0 radical (unpaired) electrons. The Morgan fingerprint density at radius 3 is 2.91 bits per heavy atom. The Hall–Kier alpha value is -3.46. The number of amides is 1. The van der Waals surface area contributed by atoms with Gasteiger partial charge in [0, 0.05) is 25.1 Å². The molecule has 3 aromatic rings. The average molecular weight is 467 g/mol. The summed E-state index contributed by atoms with van der Waals surface area (Å²) in [6.07, 6.45) is 3.24. The molecule has 5 rings (SSSR count). The van der Waals surface area contributed by atoms with Gasteiger partial charge in [0.2, 0.25) is 0 Å². The van der Waals surface area contributed by atoms with Crippen molar-refractivity contribution >= 4 is 22.8 Å². The summed E-state index contributed by atoms with van der Waals surface area (Å²) in [6, 6.07) is 11.1. The number of hydrogen-bond acceptors (Lipinski definition) is 7. The number of nitrogens with zero attached hydrogens (tertiary/aromatic N) is 3. The minimum absolute atomic E-state index is 0.0327. The van der Waals surface area contributed by atoms with Crippen molar-refractivity contribution in [2.45, 2.75) is 37.8 Å². The van der Waals surface area contributed by atoms with E-state index in [0.29, 0.717) is 54.2 Å². The summed E-state index contributed by atoms with van der Waals surface area (Å²) < 4.78 is 25.0. The molecule has 2 aromatic carbocycles. The smallest absolute Gasteiger partial charge is 0.407 e. The van der Waals surface area contributed by atoms with Crippen molar-refractivity contribution < 1.29 is 23.8 Å². The summed E-state index contributed by atoms with van der Waals surface area (Å²) in [4.78, 5) is 23.6. The second-order valence-corrected chi connectivity index (χ2v) is 8.71. The second-order valence-electron chi connectivity index (χ2n) is 8.71. The van der Waals surface area contributed by atoms with Gasteiger partial charge in [-0.25, -0.2) is 19.2 Å². The summed E-state index contributed by atoms with van der Waals surface area (Å²) in [5, 5.41) is 13.8. The predicted molar refractivity (Wildman–Crippen MR) is 125 cm³/mol. The molecule has 0 aliphatic carbocycles. The number of ether oxygens (including phenoxy) is 2. The van der Waals surface area contributed by atoms with Crippen molar-refractivity contribution in [3.05, 3.63) is 48.3 Å². The quantitative estimate of drug-likeness (QED) is 0.586. The highest BCUT2D eigenvalue weighted by Gasteiger charge is 2.28. The van der Waals surface area contributed by atoms with Gasteiger partial charge in [-0.05, 0) is 56.0 Å². The first-order chi connectivity index (χ1) is 16.6. The van der Waals surface area contributed by atoms with Crippen LogP contribution in [-0.2, 0) is 9.47 Å². The SMILES string of the molecule is O=C(N[C@H]1CCN(c2nc(-c3ccccc3O)nc3ccc(F)cc23)C1)OCC1CCCCO1. The Balaban J connectivity index is 1.33. The Labute approximate surface area is 196 Å². The molecular formula is C25H27FN4O4. The Kier molecular flexibility index (Phi) is 6.44. The zero-order valence-corrected chi connectivity index (χ0v) is 18.7. The van der Waals surface area contributed by atoms with E-state index in [1.807, 2.05) is 4.90 Å². The van der Waals surface area contributed by atoms with Crippen molar-refractivity contribution in [3.8, 4) is 17.1 Å². The van der Waals surface area contributed by atoms with Gasteiger partial charge in [0.25, 0.3) is 0 Å². The van der Waals surface area contributed by atoms with Crippen molar-refractivity contribution in [1.29, 1.82) is 0 Å². The van der Waals surface area contributed by atoms with Gasteiger partial charge in [-0.2, -0.15) is 0 Å². The number of phenolic OH excluding ortho intramolecular Hbond substituents is 1. The lowest BCUT2D eigenvalue weighted by molar-refractivity contribution is -0.0226. The van der Waals surface area contributed by atoms with E-state index in [-0.39, 0.29) is 30.3 Å². The lowest BCUT2D eigenvalue weighted by atomic mass is 10.1. The number of carbonyl (C=O) groups excluding carboxylic acids is 1. The number of aromatic hydroxyl groups is 1. The van der Waals surface area contributed by atoms with Crippen LogP contribution in [0.4, 0.5) is 15.0 Å². The van der Waals surface area contributed by atoms with Crippen molar-refractivity contribution in [3.63, 3.8) is 0 Å². The van der Waals surface area contributed by atoms with E-state index < -0.39 is 6.09 Å². The zero-order valence-electron chi connectivity index (χ0n) is 18.7. The number of phenols is 1. The number of nitrogens with one attached hydrogen (secondary N) is 1. The molecule has 2 aliphatic heterocycles. The van der Waals surface area contributed by atoms with Crippen LogP contribution in [-0.4, -0.2) is 59.6 Å². The van der Waals surface area contributed by atoms with Crippen LogP contribution >= 0.6 is 0 Å². The molecule has 2 fully saturated rings. The molecule has 1 unspecified atom stereocenters. The molecular weight excluding hydrogens is 439 g/mol. The van der Waals surface area contributed by atoms with Crippen LogP contribution in [0.15, 0.2) is 42.5 Å². The van der Waals surface area contributed by atoms with E-state index in [1.165, 1.54) is 12.1 Å². The molecule has 0 bridgehead atoms. The maximum absolute atomic E-state index is 14.1. The van der Waals surface area contributed by atoms with Gasteiger partial charge in [-0.3, -0.25) is 0 Å². The minimum Gasteiger partial charge on any atom is -0.507 e. The van der Waals surface area contributed by atoms with E-state index in [1.54, 1.807) is 30.3 Å². The van der Waals surface area contributed by atoms with Crippen LogP contribution < -0.4 is 10.2 Å². The molecule has 178 valence electrons. The van der Waals surface area contributed by atoms with Crippen molar-refractivity contribution in [1.82, 2.24) is 15.3 Å². The number of para-hydroxylation sites is 1. The molecule has 2 saturated heterocycles. The number of hydrogen-bond donors (Lipinski definition) is 2. The first-order valence-corrected chi connectivity index (χ1v) is 11.6. The van der Waals surface area contributed by atoms with Gasteiger partial charge < -0.3 is 24.8 Å². The molecule has 2 atom stereocenters. The van der Waals surface area contributed by atoms with E-state index in [4.69, 9.17) is 14.5 Å². The maximum atomic E-state index is 14.1. The largest absolute Gasteiger partial charge is 0.507 e. The molecule has 0 saturated carbocycles. The first-order valence-electron chi connectivity index (χ1n) is 11.6. The topological polar surface area (TPSA) is 96.8 Å². The molecule has 34 heavy (non-hydrogen) atoms. The normalized spacial score (nSPS) is 20.4. The van der Waals surface area contributed by atoms with E-state index in [2.05, 4.69) is 10.3 Å². The van der Waals surface area contributed by atoms with Crippen molar-refractivity contribution in [2.24, 2.45) is 0 Å². The summed E-state index contributed by atoms with van der Waals surface area (Å²) in [6.45, 7) is 2.09. The van der Waals surface area contributed by atoms with Gasteiger partial charge in [0.05, 0.1) is 23.2 Å². The number of fused-ring (bicyclic) bond motifs is 1. The fourth-order valence-corrected chi connectivity index (χ4v) is 4.49. The van der Waals surface area contributed by atoms with Crippen molar-refractivity contribution in [2.75, 3.05) is 31.2 Å². The number of rotatable bonds is 5. The fraction of sp³-hybridized carbons (Fsp3) is 0.400. The van der Waals surface area contributed by atoms with Crippen LogP contribution in [0.5, 0.6) is 5.75 Å². The summed E-state index contributed by atoms with van der Waals surface area (Å²) >= 11 is 0. The standard InChI is InChI=1S/C25H27FN4O4/c26-16-8-9-21-20(13-16)24(29-23(28-21)19-6-1-2-7-22(19)31)30-11-10-17(14-30)27-25(32)34-15-18-5-3-4-12-33-18/h1-2,6-9,13,17-18,31H,3-5,10-12,14-15H2,(H,27,32)/t17-,18?/m0/s1. The third-order valence-electron chi connectivity index (χ3n) is 6.27. The first kappa shape index (κ1) is 22.3. The van der Waals surface area contributed by atoms with E-state index in [0.717, 1.165) is 19.3 Å². The third-order valence-corrected chi connectivity index (χ3v) is 6.27. The summed E-state index contributed by atoms with van der Waals surface area (Å²) in [5.74, 6) is 0.613. The van der Waals surface area contributed by atoms with Crippen LogP contribution in [0, 0.1) is 5.82 Å². The Morgan fingerprint density at radius 1 is 1.21 bits per heavy atom. The van der Waals surface area contributed by atoms with Gasteiger partial charge in [-0.1, -0.05) is 12.1 Å². The molecule has 9 heteroatoms. The lowest BCUT2D eigenvalue weighted by Crippen LogP contribution is -2.39. The number of benzene rings is 2. The highest BCUT2D eigenvalue weighted by Crippen LogP contribution is 2.33. The molecule has 2 aliphatic rings. The number of carbonyl (C=O) groups is 1. The second kappa shape index (κ2) is 9.80. The zero-order chi connectivity index (χ0) is 23.5. The average Bonchev–Trinajstić information content (AvgIpc) is 3.31. The minimum atomic E-state index is -0.463. The highest BCUT2D eigenvalue weighted by atomic mass is 19.1. The summed E-state index contributed by atoms with van der Waals surface area (Å²) in [7, 11) is 0. The van der Waals surface area contributed by atoms with E-state index in [9.17, 15) is 14.3 Å². The van der Waals surface area contributed by atoms with E-state index >= 15 is 0 Å². The highest BCUT2D eigenvalue weighted by molar-refractivity contribution is 5.91. The number of halogens is 1. The Bertz CT molecular complexity index is 1180. The van der Waals surface area contributed by atoms with Gasteiger partial charge in [-0.15, -0.1) is 0 Å². The van der Waals surface area contributed by atoms with Crippen LogP contribution in [0.2, 0.25) is 0 Å². The monoisotopic (exact) mass is 466 g/mol. The lowest BCUT2D eigenvalue weighted by Gasteiger charge is -2.23. The van der Waals surface area contributed by atoms with Gasteiger partial charge in [0.1, 0.15) is 24.0 Å². The van der Waals surface area contributed by atoms with Gasteiger partial charge in [0.15, 0.2) is 5.82 Å². The summed E-state index contributed by atoms with van der Waals surface area (Å²) in [5.41, 5.74) is 1.07. The molecule has 1 aromatic heterocycles. The maximum Gasteiger partial charge on any atom is 0.407 e. The molecule has 3 heterocycles. The third kappa shape index (κ3) is 4.89. The molecule has 0 spiro atoms. The Morgan fingerprint density at radius 2 is 2.09 bits per heavy atom. The molecule has 1 amide bonds. The van der Waals surface area contributed by atoms with Crippen LogP contribution in [0.25, 0.3) is 22.3 Å². The van der Waals surface area contributed by atoms with Crippen LogP contribution in [0.3, 0.4) is 0 Å². The number of aromatic nitrogens is 2. The fourth-order valence-electron chi connectivity index (χ4n) is 4.49. The number of anilines is 1. The van der Waals surface area contributed by atoms with Crippen LogP contribution in [0.1, 0.15) is 25.7 Å². The molecule has 2 N–H and O–H groups in total.